The van der Waals surface area contributed by atoms with Gasteiger partial charge in [0.1, 0.15) is 10.8 Å². The van der Waals surface area contributed by atoms with Crippen LogP contribution in [0.1, 0.15) is 33.3 Å². The number of carbonyl (C=O) groups is 2. The molecule has 0 spiro atoms. The van der Waals surface area contributed by atoms with Gasteiger partial charge >= 0.3 is 0 Å². The highest BCUT2D eigenvalue weighted by Crippen LogP contribution is 2.54. The Morgan fingerprint density at radius 1 is 0.724 bits per heavy atom. The van der Waals surface area contributed by atoms with Gasteiger partial charge in [-0.2, -0.15) is 4.31 Å². The van der Waals surface area contributed by atoms with Gasteiger partial charge in [-0.15, -0.1) is 0 Å². The average Bonchev–Trinajstić information content (AvgIpc) is 2.83. The van der Waals surface area contributed by atoms with E-state index in [0.717, 1.165) is 5.56 Å². The summed E-state index contributed by atoms with van der Waals surface area (Å²) in [5.74, 6) is -1.59. The molecule has 0 atom stereocenters. The van der Waals surface area contributed by atoms with E-state index in [9.17, 15) is 18.0 Å². The topological polar surface area (TPSA) is 71.5 Å². The second kappa shape index (κ2) is 8.33. The number of benzene rings is 1. The molecule has 1 fully saturated rings. The molecule has 1 aliphatic rings. The third kappa shape index (κ3) is 3.31. The molecule has 0 N–H and O–H groups in total. The Kier molecular flexibility index (Phi) is 6.48. The van der Waals surface area contributed by atoms with Crippen molar-refractivity contribution in [1.29, 1.82) is 0 Å². The van der Waals surface area contributed by atoms with Crippen LogP contribution in [0.5, 0.6) is 0 Å². The molecule has 1 aliphatic heterocycles. The maximum absolute atomic E-state index is 13.6. The number of hydrogen-bond acceptors (Lipinski definition) is 4. The van der Waals surface area contributed by atoms with E-state index in [1.807, 2.05) is 6.92 Å². The van der Waals surface area contributed by atoms with Crippen LogP contribution in [0, 0.1) is 17.8 Å². The normalized spacial score (nSPS) is 19.6. The lowest BCUT2D eigenvalue weighted by atomic mass is 9.63. The SMILES string of the molecule is C/C=C\C1(/C=C\C)C(=O)N(S(=O)(=O)c2ccc(C)cc2)C(=O)C1(/C=C\C)/C=C\C. The fourth-order valence-electron chi connectivity index (χ4n) is 3.82. The van der Waals surface area contributed by atoms with E-state index in [2.05, 4.69) is 0 Å². The molecule has 0 saturated carbocycles. The third-order valence-electron chi connectivity index (χ3n) is 5.04. The highest BCUT2D eigenvalue weighted by atomic mass is 32.2. The summed E-state index contributed by atoms with van der Waals surface area (Å²) in [7, 11) is -4.37. The second-order valence-corrected chi connectivity index (χ2v) is 8.72. The quantitative estimate of drug-likeness (QED) is 0.514. The van der Waals surface area contributed by atoms with E-state index in [1.54, 1.807) is 88.4 Å². The van der Waals surface area contributed by atoms with Gasteiger partial charge in [-0.3, -0.25) is 9.59 Å². The van der Waals surface area contributed by atoms with Gasteiger partial charge < -0.3 is 0 Å². The monoisotopic (exact) mass is 413 g/mol. The van der Waals surface area contributed by atoms with Crippen molar-refractivity contribution < 1.29 is 18.0 Å². The first-order valence-electron chi connectivity index (χ1n) is 9.44. The molecule has 2 amide bonds. The van der Waals surface area contributed by atoms with Crippen LogP contribution in [0.25, 0.3) is 0 Å². The standard InChI is InChI=1S/C23H27NO4S/c1-6-14-22(15-7-2)20(25)24(21(26)23(22,16-8-3)17-9-4)29(27,28)19-12-10-18(5)11-13-19/h6-17H,1-5H3/b14-6-,15-7-,16-8-,17-9-. The van der Waals surface area contributed by atoms with Crippen LogP contribution in [0.3, 0.4) is 0 Å². The van der Waals surface area contributed by atoms with Crippen LogP contribution in [0.4, 0.5) is 0 Å². The summed E-state index contributed by atoms with van der Waals surface area (Å²) in [4.78, 5) is 27.2. The first-order valence-corrected chi connectivity index (χ1v) is 10.9. The number of sulfonamides is 1. The summed E-state index contributed by atoms with van der Waals surface area (Å²) in [6.07, 6.45) is 13.0. The van der Waals surface area contributed by atoms with Crippen molar-refractivity contribution in [2.45, 2.75) is 39.5 Å². The number of aryl methyl sites for hydroxylation is 1. The largest absolute Gasteiger partial charge is 0.273 e. The van der Waals surface area contributed by atoms with Gasteiger partial charge in [-0.05, 0) is 46.8 Å². The number of imide groups is 1. The third-order valence-corrected chi connectivity index (χ3v) is 6.72. The molecule has 0 radical (unpaired) electrons. The van der Waals surface area contributed by atoms with Gasteiger partial charge in [0.15, 0.2) is 0 Å². The molecule has 0 aliphatic carbocycles. The second-order valence-electron chi connectivity index (χ2n) is 6.93. The predicted octanol–water partition coefficient (Wildman–Crippen LogP) is 4.33. The van der Waals surface area contributed by atoms with E-state index in [0.29, 0.717) is 4.31 Å². The summed E-state index contributed by atoms with van der Waals surface area (Å²) in [5, 5.41) is 0. The van der Waals surface area contributed by atoms with Gasteiger partial charge in [-0.1, -0.05) is 66.3 Å². The minimum Gasteiger partial charge on any atom is -0.272 e. The van der Waals surface area contributed by atoms with Crippen LogP contribution in [0.2, 0.25) is 0 Å². The molecular weight excluding hydrogens is 386 g/mol. The number of rotatable bonds is 6. The molecular formula is C23H27NO4S. The summed E-state index contributed by atoms with van der Waals surface area (Å²) in [6.45, 7) is 8.76. The van der Waals surface area contributed by atoms with Gasteiger partial charge in [-0.25, -0.2) is 8.42 Å². The molecule has 1 heterocycles. The van der Waals surface area contributed by atoms with Crippen LogP contribution in [-0.2, 0) is 19.6 Å². The molecule has 6 heteroatoms. The Labute approximate surface area is 173 Å². The van der Waals surface area contributed by atoms with Crippen molar-refractivity contribution in [1.82, 2.24) is 4.31 Å². The number of amides is 2. The Balaban J connectivity index is 2.89. The molecule has 1 aromatic rings. The highest BCUT2D eigenvalue weighted by molar-refractivity contribution is 7.90. The minimum absolute atomic E-state index is 0.101. The number of hydrogen-bond donors (Lipinski definition) is 0. The lowest BCUT2D eigenvalue weighted by Crippen LogP contribution is -2.39. The highest BCUT2D eigenvalue weighted by Gasteiger charge is 2.67. The zero-order valence-corrected chi connectivity index (χ0v) is 18.2. The van der Waals surface area contributed by atoms with Crippen molar-refractivity contribution >= 4 is 21.8 Å². The lowest BCUT2D eigenvalue weighted by molar-refractivity contribution is -0.134. The maximum Gasteiger partial charge on any atom is 0.273 e. The van der Waals surface area contributed by atoms with Crippen molar-refractivity contribution in [2.24, 2.45) is 10.8 Å². The van der Waals surface area contributed by atoms with Gasteiger partial charge in [0, 0.05) is 0 Å². The Bertz CT molecular complexity index is 941. The molecule has 154 valence electrons. The number of nitrogens with zero attached hydrogens (tertiary/aromatic N) is 1. The zero-order valence-electron chi connectivity index (χ0n) is 17.4. The average molecular weight is 414 g/mol. The lowest BCUT2D eigenvalue weighted by Gasteiger charge is -2.33. The Morgan fingerprint density at radius 3 is 1.38 bits per heavy atom. The Hall–Kier alpha value is -2.73. The minimum atomic E-state index is -4.37. The van der Waals surface area contributed by atoms with Gasteiger partial charge in [0.2, 0.25) is 0 Å². The summed E-state index contributed by atoms with van der Waals surface area (Å²) < 4.78 is 27.1. The van der Waals surface area contributed by atoms with E-state index in [-0.39, 0.29) is 4.90 Å². The Morgan fingerprint density at radius 2 is 1.07 bits per heavy atom. The van der Waals surface area contributed by atoms with E-state index in [1.165, 1.54) is 12.1 Å². The van der Waals surface area contributed by atoms with Crippen LogP contribution in [0.15, 0.2) is 77.8 Å². The molecule has 0 unspecified atom stereocenters. The predicted molar refractivity (Wildman–Crippen MR) is 114 cm³/mol. The van der Waals surface area contributed by atoms with Gasteiger partial charge in [0.05, 0.1) is 4.90 Å². The molecule has 0 aromatic heterocycles. The number of allylic oxidation sites excluding steroid dienone is 4. The van der Waals surface area contributed by atoms with Crippen molar-refractivity contribution in [3.63, 3.8) is 0 Å². The maximum atomic E-state index is 13.6. The fraction of sp³-hybridized carbons (Fsp3) is 0.304. The summed E-state index contributed by atoms with van der Waals surface area (Å²) >= 11 is 0. The van der Waals surface area contributed by atoms with Crippen LogP contribution < -0.4 is 0 Å². The first-order chi connectivity index (χ1) is 13.7. The van der Waals surface area contributed by atoms with Gasteiger partial charge in [0.25, 0.3) is 21.8 Å². The van der Waals surface area contributed by atoms with Crippen LogP contribution in [-0.4, -0.2) is 24.5 Å². The summed E-state index contributed by atoms with van der Waals surface area (Å²) in [6, 6.07) is 6.08. The first kappa shape index (κ1) is 22.6. The molecule has 1 aromatic carbocycles. The fourth-order valence-corrected chi connectivity index (χ4v) is 5.25. The molecule has 0 bridgehead atoms. The van der Waals surface area contributed by atoms with Crippen molar-refractivity contribution in [3.8, 4) is 0 Å². The van der Waals surface area contributed by atoms with E-state index >= 15 is 0 Å². The smallest absolute Gasteiger partial charge is 0.272 e. The molecule has 29 heavy (non-hydrogen) atoms. The number of carbonyl (C=O) groups excluding carboxylic acids is 2. The molecule has 2 rings (SSSR count). The van der Waals surface area contributed by atoms with Crippen molar-refractivity contribution in [2.75, 3.05) is 0 Å². The summed E-state index contributed by atoms with van der Waals surface area (Å²) in [5.41, 5.74) is -2.09. The van der Waals surface area contributed by atoms with E-state index in [4.69, 9.17) is 0 Å². The van der Waals surface area contributed by atoms with E-state index < -0.39 is 32.7 Å². The molecule has 5 nitrogen and oxygen atoms in total. The zero-order chi connectivity index (χ0) is 21.9. The van der Waals surface area contributed by atoms with Crippen molar-refractivity contribution in [3.05, 3.63) is 78.4 Å². The van der Waals surface area contributed by atoms with Crippen LogP contribution >= 0.6 is 0 Å². The molecule has 1 saturated heterocycles.